The first kappa shape index (κ1) is 15.0. The van der Waals surface area contributed by atoms with Crippen LogP contribution in [0.25, 0.3) is 0 Å². The zero-order valence-corrected chi connectivity index (χ0v) is 12.4. The lowest BCUT2D eigenvalue weighted by atomic mass is 10.1. The van der Waals surface area contributed by atoms with Crippen molar-refractivity contribution in [3.8, 4) is 0 Å². The molecule has 0 spiro atoms. The molecule has 0 bridgehead atoms. The number of aliphatic carboxylic acids is 1. The van der Waals surface area contributed by atoms with E-state index >= 15 is 0 Å². The van der Waals surface area contributed by atoms with Gasteiger partial charge in [0, 0.05) is 18.4 Å². The minimum Gasteiger partial charge on any atom is -0.481 e. The number of benzene rings is 1. The number of carboxylic acid groups (broad SMARTS) is 1. The second kappa shape index (κ2) is 6.88. The third-order valence-electron chi connectivity index (χ3n) is 3.57. The smallest absolute Gasteiger partial charge is 0.305 e. The summed E-state index contributed by atoms with van der Waals surface area (Å²) in [6, 6.07) is 13.8. The quantitative estimate of drug-likeness (QED) is 0.883. The van der Waals surface area contributed by atoms with Gasteiger partial charge < -0.3 is 10.0 Å². The molecule has 0 radical (unpaired) electrons. The molecule has 1 heterocycles. The summed E-state index contributed by atoms with van der Waals surface area (Å²) < 4.78 is 0. The van der Waals surface area contributed by atoms with Gasteiger partial charge in [0.05, 0.1) is 18.2 Å². The summed E-state index contributed by atoms with van der Waals surface area (Å²) in [5.74, 6) is -0.790. The fourth-order valence-electron chi connectivity index (χ4n) is 2.41. The van der Waals surface area contributed by atoms with Crippen molar-refractivity contribution in [2.75, 3.05) is 11.4 Å². The number of hydrogen-bond acceptors (Lipinski definition) is 3. The van der Waals surface area contributed by atoms with E-state index in [0.717, 1.165) is 16.9 Å². The lowest BCUT2D eigenvalue weighted by Gasteiger charge is -2.32. The monoisotopic (exact) mass is 284 g/mol. The normalized spacial score (nSPS) is 11.9. The number of anilines is 1. The zero-order chi connectivity index (χ0) is 15.2. The number of hydrogen-bond donors (Lipinski definition) is 1. The van der Waals surface area contributed by atoms with Crippen LogP contribution in [0.1, 0.15) is 30.6 Å². The Hall–Kier alpha value is -2.36. The van der Waals surface area contributed by atoms with E-state index in [2.05, 4.69) is 16.8 Å². The molecular weight excluding hydrogens is 264 g/mol. The Morgan fingerprint density at radius 1 is 1.24 bits per heavy atom. The Morgan fingerprint density at radius 3 is 2.57 bits per heavy atom. The van der Waals surface area contributed by atoms with Gasteiger partial charge in [0.25, 0.3) is 0 Å². The van der Waals surface area contributed by atoms with Crippen molar-refractivity contribution in [1.82, 2.24) is 4.98 Å². The van der Waals surface area contributed by atoms with Gasteiger partial charge in [-0.15, -0.1) is 0 Å². The standard InChI is InChI=1S/C17H20N2O2/c1-13-7-3-4-9-16(13)19(12-10-17(20)21)14(2)15-8-5-6-11-18-15/h3-9,11,14H,10,12H2,1-2H3,(H,20,21). The highest BCUT2D eigenvalue weighted by atomic mass is 16.4. The largest absolute Gasteiger partial charge is 0.481 e. The highest BCUT2D eigenvalue weighted by Gasteiger charge is 2.19. The molecule has 1 unspecified atom stereocenters. The zero-order valence-electron chi connectivity index (χ0n) is 12.4. The van der Waals surface area contributed by atoms with Gasteiger partial charge in [-0.1, -0.05) is 24.3 Å². The maximum atomic E-state index is 10.9. The van der Waals surface area contributed by atoms with Crippen LogP contribution in [0.2, 0.25) is 0 Å². The van der Waals surface area contributed by atoms with Crippen molar-refractivity contribution >= 4 is 11.7 Å². The van der Waals surface area contributed by atoms with Gasteiger partial charge in [0.2, 0.25) is 0 Å². The molecule has 1 N–H and O–H groups in total. The van der Waals surface area contributed by atoms with Crippen molar-refractivity contribution in [3.63, 3.8) is 0 Å². The van der Waals surface area contributed by atoms with Gasteiger partial charge in [-0.25, -0.2) is 0 Å². The van der Waals surface area contributed by atoms with Crippen molar-refractivity contribution in [1.29, 1.82) is 0 Å². The van der Waals surface area contributed by atoms with Crippen LogP contribution >= 0.6 is 0 Å². The maximum Gasteiger partial charge on any atom is 0.305 e. The highest BCUT2D eigenvalue weighted by Crippen LogP contribution is 2.28. The second-order valence-electron chi connectivity index (χ2n) is 5.05. The summed E-state index contributed by atoms with van der Waals surface area (Å²) in [6.45, 7) is 4.54. The lowest BCUT2D eigenvalue weighted by Crippen LogP contribution is -2.30. The number of carbonyl (C=O) groups is 1. The Balaban J connectivity index is 2.32. The van der Waals surface area contributed by atoms with Crippen LogP contribution < -0.4 is 4.90 Å². The van der Waals surface area contributed by atoms with Crippen molar-refractivity contribution < 1.29 is 9.90 Å². The molecule has 1 aromatic carbocycles. The van der Waals surface area contributed by atoms with E-state index in [9.17, 15) is 4.79 Å². The maximum absolute atomic E-state index is 10.9. The summed E-state index contributed by atoms with van der Waals surface area (Å²) in [7, 11) is 0. The van der Waals surface area contributed by atoms with Crippen LogP contribution in [0, 0.1) is 6.92 Å². The predicted octanol–water partition coefficient (Wildman–Crippen LogP) is 3.43. The molecular formula is C17H20N2O2. The summed E-state index contributed by atoms with van der Waals surface area (Å²) in [4.78, 5) is 17.4. The van der Waals surface area contributed by atoms with Crippen LogP contribution in [0.15, 0.2) is 48.7 Å². The molecule has 0 aliphatic rings. The van der Waals surface area contributed by atoms with E-state index in [0.29, 0.717) is 6.54 Å². The number of pyridine rings is 1. The molecule has 2 aromatic rings. The Bertz CT molecular complexity index is 599. The van der Waals surface area contributed by atoms with Crippen LogP contribution in [-0.4, -0.2) is 22.6 Å². The Labute approximate surface area is 125 Å². The van der Waals surface area contributed by atoms with Crippen LogP contribution in [0.4, 0.5) is 5.69 Å². The van der Waals surface area contributed by atoms with Gasteiger partial charge in [-0.05, 0) is 37.6 Å². The third kappa shape index (κ3) is 3.81. The van der Waals surface area contributed by atoms with E-state index in [1.807, 2.05) is 49.4 Å². The molecule has 0 saturated carbocycles. The topological polar surface area (TPSA) is 53.4 Å². The predicted molar refractivity (Wildman–Crippen MR) is 83.4 cm³/mol. The number of rotatable bonds is 6. The van der Waals surface area contributed by atoms with Crippen molar-refractivity contribution in [3.05, 3.63) is 59.9 Å². The SMILES string of the molecule is Cc1ccccc1N(CCC(=O)O)C(C)c1ccccn1. The van der Waals surface area contributed by atoms with E-state index in [-0.39, 0.29) is 12.5 Å². The minimum atomic E-state index is -0.790. The molecule has 0 aliphatic heterocycles. The van der Waals surface area contributed by atoms with Gasteiger partial charge in [0.15, 0.2) is 0 Å². The van der Waals surface area contributed by atoms with E-state index in [4.69, 9.17) is 5.11 Å². The number of carboxylic acids is 1. The van der Waals surface area contributed by atoms with E-state index < -0.39 is 5.97 Å². The van der Waals surface area contributed by atoms with Crippen LogP contribution in [0.3, 0.4) is 0 Å². The molecule has 4 heteroatoms. The number of aromatic nitrogens is 1. The second-order valence-corrected chi connectivity index (χ2v) is 5.05. The summed E-state index contributed by atoms with van der Waals surface area (Å²) in [5.41, 5.74) is 3.12. The number of nitrogens with zero attached hydrogens (tertiary/aromatic N) is 2. The van der Waals surface area contributed by atoms with Gasteiger partial charge in [-0.3, -0.25) is 9.78 Å². The van der Waals surface area contributed by atoms with Crippen molar-refractivity contribution in [2.45, 2.75) is 26.3 Å². The lowest BCUT2D eigenvalue weighted by molar-refractivity contribution is -0.136. The molecule has 4 nitrogen and oxygen atoms in total. The molecule has 0 amide bonds. The first-order valence-corrected chi connectivity index (χ1v) is 7.04. The average Bonchev–Trinajstić information content (AvgIpc) is 2.49. The fourth-order valence-corrected chi connectivity index (χ4v) is 2.41. The molecule has 110 valence electrons. The molecule has 21 heavy (non-hydrogen) atoms. The van der Waals surface area contributed by atoms with Gasteiger partial charge in [0.1, 0.15) is 0 Å². The third-order valence-corrected chi connectivity index (χ3v) is 3.57. The highest BCUT2D eigenvalue weighted by molar-refractivity contribution is 5.68. The average molecular weight is 284 g/mol. The first-order chi connectivity index (χ1) is 10.1. The summed E-state index contributed by atoms with van der Waals surface area (Å²) in [5, 5.41) is 8.99. The molecule has 1 aromatic heterocycles. The Morgan fingerprint density at radius 2 is 1.95 bits per heavy atom. The van der Waals surface area contributed by atoms with Crippen LogP contribution in [-0.2, 0) is 4.79 Å². The molecule has 0 aliphatic carbocycles. The van der Waals surface area contributed by atoms with Crippen molar-refractivity contribution in [2.24, 2.45) is 0 Å². The first-order valence-electron chi connectivity index (χ1n) is 7.04. The fraction of sp³-hybridized carbons (Fsp3) is 0.294. The van der Waals surface area contributed by atoms with Crippen LogP contribution in [0.5, 0.6) is 0 Å². The number of para-hydroxylation sites is 1. The molecule has 1 atom stereocenters. The number of aryl methyl sites for hydroxylation is 1. The Kier molecular flexibility index (Phi) is 4.93. The molecule has 0 fully saturated rings. The molecule has 0 saturated heterocycles. The summed E-state index contributed by atoms with van der Waals surface area (Å²) >= 11 is 0. The van der Waals surface area contributed by atoms with Gasteiger partial charge >= 0.3 is 5.97 Å². The minimum absolute atomic E-state index is 0.0200. The van der Waals surface area contributed by atoms with E-state index in [1.165, 1.54) is 0 Å². The molecule has 2 rings (SSSR count). The van der Waals surface area contributed by atoms with Gasteiger partial charge in [-0.2, -0.15) is 0 Å². The van der Waals surface area contributed by atoms with E-state index in [1.54, 1.807) is 6.20 Å². The summed E-state index contributed by atoms with van der Waals surface area (Å²) in [6.07, 6.45) is 1.87.